The number of aromatic nitrogens is 2. The van der Waals surface area contributed by atoms with Crippen LogP contribution in [0.1, 0.15) is 10.4 Å². The van der Waals surface area contributed by atoms with Crippen LogP contribution in [0.2, 0.25) is 0 Å². The highest BCUT2D eigenvalue weighted by atomic mass is 16.5. The number of nitriles is 2. The first kappa shape index (κ1) is 14.8. The summed E-state index contributed by atoms with van der Waals surface area (Å²) in [5.74, 6) is -0.486. The van der Waals surface area contributed by atoms with Crippen molar-refractivity contribution in [2.45, 2.75) is 0 Å². The fourth-order valence-electron chi connectivity index (χ4n) is 1.75. The van der Waals surface area contributed by atoms with Crippen LogP contribution in [0, 0.1) is 22.7 Å². The summed E-state index contributed by atoms with van der Waals surface area (Å²) in [6.07, 6.45) is 4.62. The fraction of sp³-hybridized carbons (Fsp3) is 0.0667. The van der Waals surface area contributed by atoms with Crippen molar-refractivity contribution in [3.63, 3.8) is 0 Å². The van der Waals surface area contributed by atoms with E-state index < -0.39 is 5.97 Å². The van der Waals surface area contributed by atoms with Crippen molar-refractivity contribution >= 4 is 11.7 Å². The largest absolute Gasteiger partial charge is 0.465 e. The molecule has 0 radical (unpaired) electrons. The van der Waals surface area contributed by atoms with Crippen molar-refractivity contribution in [1.29, 1.82) is 10.5 Å². The van der Waals surface area contributed by atoms with Gasteiger partial charge in [-0.15, -0.1) is 0 Å². The molecule has 1 aromatic carbocycles. The maximum Gasteiger partial charge on any atom is 0.337 e. The normalized spacial score (nSPS) is 9.23. The summed E-state index contributed by atoms with van der Waals surface area (Å²) in [6, 6.07) is 10.1. The van der Waals surface area contributed by atoms with Gasteiger partial charge in [-0.25, -0.2) is 9.48 Å². The van der Waals surface area contributed by atoms with Crippen LogP contribution >= 0.6 is 0 Å². The zero-order valence-corrected chi connectivity index (χ0v) is 11.6. The Morgan fingerprint density at radius 3 is 2.77 bits per heavy atom. The highest BCUT2D eigenvalue weighted by molar-refractivity contribution is 5.91. The number of methoxy groups -OCH3 is 1. The summed E-state index contributed by atoms with van der Waals surface area (Å²) in [5.41, 5.74) is 1.42. The van der Waals surface area contributed by atoms with E-state index in [-0.39, 0.29) is 5.57 Å². The molecule has 1 heterocycles. The molecule has 7 heteroatoms. The molecule has 0 atom stereocenters. The number of anilines is 1. The first-order valence-electron chi connectivity index (χ1n) is 6.19. The van der Waals surface area contributed by atoms with E-state index in [4.69, 9.17) is 10.5 Å². The SMILES string of the molecule is COC(=O)c1ccc(-n2cccn2)c(NC=C(C#N)C#N)c1. The van der Waals surface area contributed by atoms with Crippen LogP contribution in [0.4, 0.5) is 5.69 Å². The molecule has 1 N–H and O–H groups in total. The zero-order valence-electron chi connectivity index (χ0n) is 11.6. The van der Waals surface area contributed by atoms with E-state index in [2.05, 4.69) is 15.2 Å². The van der Waals surface area contributed by atoms with Crippen LogP contribution in [0.3, 0.4) is 0 Å². The van der Waals surface area contributed by atoms with Crippen molar-refractivity contribution in [3.05, 3.63) is 54.0 Å². The molecule has 2 aromatic rings. The minimum Gasteiger partial charge on any atom is -0.465 e. The van der Waals surface area contributed by atoms with Crippen LogP contribution in [0.15, 0.2) is 48.4 Å². The molecule has 0 saturated heterocycles. The Morgan fingerprint density at radius 1 is 1.41 bits per heavy atom. The fourth-order valence-corrected chi connectivity index (χ4v) is 1.75. The van der Waals surface area contributed by atoms with Crippen molar-refractivity contribution in [2.24, 2.45) is 0 Å². The Morgan fingerprint density at radius 2 is 2.18 bits per heavy atom. The topological polar surface area (TPSA) is 104 Å². The van der Waals surface area contributed by atoms with E-state index in [9.17, 15) is 4.79 Å². The summed E-state index contributed by atoms with van der Waals surface area (Å²) in [4.78, 5) is 11.6. The minimum absolute atomic E-state index is 0.0881. The van der Waals surface area contributed by atoms with Gasteiger partial charge in [0.15, 0.2) is 0 Å². The Hall–Kier alpha value is -3.58. The number of nitrogens with one attached hydrogen (secondary N) is 1. The van der Waals surface area contributed by atoms with E-state index >= 15 is 0 Å². The van der Waals surface area contributed by atoms with Gasteiger partial charge in [0.2, 0.25) is 0 Å². The number of rotatable bonds is 4. The molecular weight excluding hydrogens is 282 g/mol. The number of allylic oxidation sites excluding steroid dienone is 1. The number of carbonyl (C=O) groups is 1. The number of ether oxygens (including phenoxy) is 1. The Kier molecular flexibility index (Phi) is 4.53. The van der Waals surface area contributed by atoms with Crippen LogP contribution in [0.25, 0.3) is 5.69 Å². The number of esters is 1. The van der Waals surface area contributed by atoms with E-state index in [1.54, 1.807) is 53.5 Å². The summed E-state index contributed by atoms with van der Waals surface area (Å²) in [6.45, 7) is 0. The first-order valence-corrected chi connectivity index (χ1v) is 6.19. The monoisotopic (exact) mass is 293 g/mol. The van der Waals surface area contributed by atoms with Crippen LogP contribution < -0.4 is 5.32 Å². The van der Waals surface area contributed by atoms with Gasteiger partial charge in [-0.2, -0.15) is 15.6 Å². The average Bonchev–Trinajstić information content (AvgIpc) is 3.09. The lowest BCUT2D eigenvalue weighted by Gasteiger charge is -2.11. The third-order valence-corrected chi connectivity index (χ3v) is 2.78. The number of hydrogen-bond donors (Lipinski definition) is 1. The molecule has 0 bridgehead atoms. The second-order valence-corrected chi connectivity index (χ2v) is 4.10. The van der Waals surface area contributed by atoms with Gasteiger partial charge >= 0.3 is 5.97 Å². The summed E-state index contributed by atoms with van der Waals surface area (Å²) < 4.78 is 6.27. The van der Waals surface area contributed by atoms with E-state index in [1.165, 1.54) is 13.3 Å². The van der Waals surface area contributed by atoms with Crippen molar-refractivity contribution in [2.75, 3.05) is 12.4 Å². The van der Waals surface area contributed by atoms with Gasteiger partial charge in [0.1, 0.15) is 17.7 Å². The van der Waals surface area contributed by atoms with Gasteiger partial charge in [0, 0.05) is 18.6 Å². The van der Waals surface area contributed by atoms with Gasteiger partial charge in [-0.05, 0) is 24.3 Å². The number of nitrogens with zero attached hydrogens (tertiary/aromatic N) is 4. The molecular formula is C15H11N5O2. The van der Waals surface area contributed by atoms with Crippen LogP contribution in [0.5, 0.6) is 0 Å². The number of benzene rings is 1. The van der Waals surface area contributed by atoms with Crippen molar-refractivity contribution in [3.8, 4) is 17.8 Å². The molecule has 0 spiro atoms. The molecule has 0 amide bonds. The molecule has 0 aliphatic rings. The standard InChI is InChI=1S/C15H11N5O2/c1-22-15(21)12-3-4-14(20-6-2-5-19-20)13(7-12)18-10-11(8-16)9-17/h2-7,10,18H,1H3. The van der Waals surface area contributed by atoms with Crippen LogP contribution in [-0.2, 0) is 4.74 Å². The Labute approximate surface area is 126 Å². The second kappa shape index (κ2) is 6.73. The van der Waals surface area contributed by atoms with Gasteiger partial charge in [0.25, 0.3) is 0 Å². The van der Waals surface area contributed by atoms with Gasteiger partial charge < -0.3 is 10.1 Å². The van der Waals surface area contributed by atoms with Gasteiger partial charge in [0.05, 0.1) is 24.0 Å². The van der Waals surface area contributed by atoms with Crippen molar-refractivity contribution < 1.29 is 9.53 Å². The Bertz CT molecular complexity index is 778. The second-order valence-electron chi connectivity index (χ2n) is 4.10. The molecule has 0 unspecified atom stereocenters. The number of hydrogen-bond acceptors (Lipinski definition) is 6. The predicted octanol–water partition coefficient (Wildman–Crippen LogP) is 2.00. The molecule has 0 aliphatic carbocycles. The molecule has 0 aliphatic heterocycles. The first-order chi connectivity index (χ1) is 10.7. The highest BCUT2D eigenvalue weighted by Gasteiger charge is 2.11. The van der Waals surface area contributed by atoms with E-state index in [0.717, 1.165) is 0 Å². The maximum absolute atomic E-state index is 11.6. The molecule has 0 saturated carbocycles. The van der Waals surface area contributed by atoms with Crippen molar-refractivity contribution in [1.82, 2.24) is 9.78 Å². The minimum atomic E-state index is -0.486. The summed E-state index contributed by atoms with van der Waals surface area (Å²) in [7, 11) is 1.29. The lowest BCUT2D eigenvalue weighted by molar-refractivity contribution is 0.0601. The molecule has 1 aromatic heterocycles. The molecule has 22 heavy (non-hydrogen) atoms. The van der Waals surface area contributed by atoms with E-state index in [1.807, 2.05) is 0 Å². The predicted molar refractivity (Wildman–Crippen MR) is 77.8 cm³/mol. The molecule has 0 fully saturated rings. The highest BCUT2D eigenvalue weighted by Crippen LogP contribution is 2.22. The average molecular weight is 293 g/mol. The zero-order chi connectivity index (χ0) is 15.9. The lowest BCUT2D eigenvalue weighted by Crippen LogP contribution is -2.06. The molecule has 108 valence electrons. The number of carbonyl (C=O) groups excluding carboxylic acids is 1. The lowest BCUT2D eigenvalue weighted by atomic mass is 10.1. The molecule has 2 rings (SSSR count). The smallest absolute Gasteiger partial charge is 0.337 e. The van der Waals surface area contributed by atoms with Gasteiger partial charge in [-0.1, -0.05) is 0 Å². The quantitative estimate of drug-likeness (QED) is 0.683. The maximum atomic E-state index is 11.6. The summed E-state index contributed by atoms with van der Waals surface area (Å²) >= 11 is 0. The van der Waals surface area contributed by atoms with E-state index in [0.29, 0.717) is 16.9 Å². The third kappa shape index (κ3) is 3.11. The Balaban J connectivity index is 2.47. The van der Waals surface area contributed by atoms with Gasteiger partial charge in [-0.3, -0.25) is 0 Å². The third-order valence-electron chi connectivity index (χ3n) is 2.78. The van der Waals surface area contributed by atoms with Crippen LogP contribution in [-0.4, -0.2) is 22.9 Å². The summed E-state index contributed by atoms with van der Waals surface area (Å²) in [5, 5.41) is 24.5. The molecule has 7 nitrogen and oxygen atoms in total.